The van der Waals surface area contributed by atoms with Crippen LogP contribution in [-0.4, -0.2) is 9.55 Å². The fraction of sp³-hybridized carbons (Fsp3) is 0.111. The number of rotatable bonds is 4. The first kappa shape index (κ1) is 18.5. The van der Waals surface area contributed by atoms with Crippen LogP contribution in [-0.2, 0) is 6.61 Å². The van der Waals surface area contributed by atoms with Gasteiger partial charge in [0, 0.05) is 29.6 Å². The molecule has 8 heteroatoms. The van der Waals surface area contributed by atoms with Crippen LogP contribution in [0.15, 0.2) is 51.9 Å². The number of hydrogen-bond acceptors (Lipinski definition) is 3. The second-order valence-corrected chi connectivity index (χ2v) is 6.65. The van der Waals surface area contributed by atoms with Crippen LogP contribution >= 0.6 is 27.5 Å². The van der Waals surface area contributed by atoms with Crippen molar-refractivity contribution in [2.75, 3.05) is 0 Å². The van der Waals surface area contributed by atoms with E-state index in [1.807, 2.05) is 0 Å². The van der Waals surface area contributed by atoms with E-state index in [2.05, 4.69) is 20.9 Å². The first-order chi connectivity index (χ1) is 12.4. The van der Waals surface area contributed by atoms with Gasteiger partial charge in [-0.3, -0.25) is 9.36 Å². The van der Waals surface area contributed by atoms with Crippen LogP contribution in [0.1, 0.15) is 11.3 Å². The molecule has 0 saturated heterocycles. The average Bonchev–Trinajstić information content (AvgIpc) is 2.58. The lowest BCUT2D eigenvalue weighted by Crippen LogP contribution is -2.22. The molecule has 0 N–H and O–H groups in total. The number of aryl methyl sites for hydroxylation is 1. The van der Waals surface area contributed by atoms with Gasteiger partial charge in [-0.2, -0.15) is 0 Å². The highest BCUT2D eigenvalue weighted by atomic mass is 79.9. The van der Waals surface area contributed by atoms with E-state index >= 15 is 0 Å². The zero-order valence-electron chi connectivity index (χ0n) is 13.5. The molecule has 3 aromatic rings. The Morgan fingerprint density at radius 1 is 1.23 bits per heavy atom. The fourth-order valence-corrected chi connectivity index (χ4v) is 3.01. The molecule has 0 atom stereocenters. The number of nitrogens with zero attached hydrogens (tertiary/aromatic N) is 2. The van der Waals surface area contributed by atoms with Crippen LogP contribution in [0, 0.1) is 18.6 Å². The lowest BCUT2D eigenvalue weighted by molar-refractivity contribution is 0.296. The number of pyridine rings is 2. The van der Waals surface area contributed by atoms with Crippen LogP contribution in [0.2, 0.25) is 5.15 Å². The summed E-state index contributed by atoms with van der Waals surface area (Å²) in [6.45, 7) is 1.59. The Labute approximate surface area is 161 Å². The minimum atomic E-state index is -0.711. The van der Waals surface area contributed by atoms with E-state index in [4.69, 9.17) is 16.3 Å². The Morgan fingerprint density at radius 2 is 2.00 bits per heavy atom. The highest BCUT2D eigenvalue weighted by Gasteiger charge is 2.15. The second-order valence-electron chi connectivity index (χ2n) is 5.47. The molecule has 0 aliphatic carbocycles. The van der Waals surface area contributed by atoms with Gasteiger partial charge in [0.15, 0.2) is 0 Å². The molecule has 134 valence electrons. The predicted octanol–water partition coefficient (Wildman–Crippen LogP) is 4.81. The SMILES string of the molecule is Cc1cc(OCc2ccc(F)cc2F)c(Br)c(=O)n1-c1ccnc(Cl)c1. The monoisotopic (exact) mass is 440 g/mol. The Kier molecular flexibility index (Phi) is 5.38. The molecule has 2 aromatic heterocycles. The highest BCUT2D eigenvalue weighted by molar-refractivity contribution is 9.10. The quantitative estimate of drug-likeness (QED) is 0.546. The van der Waals surface area contributed by atoms with Crippen molar-refractivity contribution in [2.45, 2.75) is 13.5 Å². The zero-order chi connectivity index (χ0) is 18.8. The molecular weight excluding hydrogens is 430 g/mol. The smallest absolute Gasteiger partial charge is 0.273 e. The summed E-state index contributed by atoms with van der Waals surface area (Å²) >= 11 is 9.11. The summed E-state index contributed by atoms with van der Waals surface area (Å²) in [5.74, 6) is -1.12. The van der Waals surface area contributed by atoms with Crippen molar-refractivity contribution in [3.8, 4) is 11.4 Å². The maximum atomic E-state index is 13.7. The third kappa shape index (κ3) is 3.78. The van der Waals surface area contributed by atoms with Gasteiger partial charge in [0.25, 0.3) is 5.56 Å². The van der Waals surface area contributed by atoms with Gasteiger partial charge in [-0.05, 0) is 47.1 Å². The topological polar surface area (TPSA) is 44.1 Å². The maximum absolute atomic E-state index is 13.7. The van der Waals surface area contributed by atoms with Crippen molar-refractivity contribution in [2.24, 2.45) is 0 Å². The minimum absolute atomic E-state index is 0.144. The van der Waals surface area contributed by atoms with E-state index in [1.54, 1.807) is 25.1 Å². The summed E-state index contributed by atoms with van der Waals surface area (Å²) in [7, 11) is 0. The molecule has 0 radical (unpaired) electrons. The highest BCUT2D eigenvalue weighted by Crippen LogP contribution is 2.25. The molecule has 0 spiro atoms. The van der Waals surface area contributed by atoms with Gasteiger partial charge in [0.05, 0.1) is 5.69 Å². The first-order valence-corrected chi connectivity index (χ1v) is 8.64. The molecular formula is C18H12BrClF2N2O2. The van der Waals surface area contributed by atoms with Gasteiger partial charge < -0.3 is 4.74 Å². The first-order valence-electron chi connectivity index (χ1n) is 7.47. The number of benzene rings is 1. The molecule has 0 saturated carbocycles. The third-order valence-electron chi connectivity index (χ3n) is 3.67. The zero-order valence-corrected chi connectivity index (χ0v) is 15.8. The van der Waals surface area contributed by atoms with E-state index in [0.29, 0.717) is 11.4 Å². The molecule has 0 bridgehead atoms. The van der Waals surface area contributed by atoms with Crippen LogP contribution in [0.4, 0.5) is 8.78 Å². The average molecular weight is 442 g/mol. The van der Waals surface area contributed by atoms with Crippen molar-refractivity contribution < 1.29 is 13.5 Å². The van der Waals surface area contributed by atoms with Gasteiger partial charge in [-0.25, -0.2) is 13.8 Å². The molecule has 0 amide bonds. The van der Waals surface area contributed by atoms with E-state index < -0.39 is 11.6 Å². The summed E-state index contributed by atoms with van der Waals surface area (Å²) < 4.78 is 33.9. The van der Waals surface area contributed by atoms with Crippen molar-refractivity contribution in [3.05, 3.63) is 85.5 Å². The summed E-state index contributed by atoms with van der Waals surface area (Å²) in [5, 5.41) is 0.261. The van der Waals surface area contributed by atoms with Gasteiger partial charge in [0.2, 0.25) is 0 Å². The minimum Gasteiger partial charge on any atom is -0.487 e. The predicted molar refractivity (Wildman–Crippen MR) is 98.0 cm³/mol. The molecule has 26 heavy (non-hydrogen) atoms. The molecule has 2 heterocycles. The van der Waals surface area contributed by atoms with E-state index in [0.717, 1.165) is 12.1 Å². The molecule has 0 aliphatic rings. The largest absolute Gasteiger partial charge is 0.487 e. The van der Waals surface area contributed by atoms with Gasteiger partial charge in [-0.15, -0.1) is 0 Å². The lowest BCUT2D eigenvalue weighted by Gasteiger charge is -2.15. The molecule has 0 unspecified atom stereocenters. The number of halogens is 4. The normalized spacial score (nSPS) is 10.8. The third-order valence-corrected chi connectivity index (χ3v) is 4.60. The summed E-state index contributed by atoms with van der Waals surface area (Å²) in [6, 6.07) is 8.09. The van der Waals surface area contributed by atoms with Gasteiger partial charge in [0.1, 0.15) is 33.6 Å². The Morgan fingerprint density at radius 3 is 2.69 bits per heavy atom. The van der Waals surface area contributed by atoms with E-state index in [-0.39, 0.29) is 33.1 Å². The van der Waals surface area contributed by atoms with Crippen molar-refractivity contribution in [1.29, 1.82) is 0 Å². The Hall–Kier alpha value is -2.25. The number of aromatic nitrogens is 2. The lowest BCUT2D eigenvalue weighted by atomic mass is 10.2. The molecule has 3 rings (SSSR count). The van der Waals surface area contributed by atoms with Crippen LogP contribution in [0.25, 0.3) is 5.69 Å². The van der Waals surface area contributed by atoms with Crippen molar-refractivity contribution in [3.63, 3.8) is 0 Å². The van der Waals surface area contributed by atoms with Gasteiger partial charge >= 0.3 is 0 Å². The van der Waals surface area contributed by atoms with Crippen LogP contribution in [0.5, 0.6) is 5.75 Å². The number of hydrogen-bond donors (Lipinski definition) is 0. The molecule has 4 nitrogen and oxygen atoms in total. The van der Waals surface area contributed by atoms with Gasteiger partial charge in [-0.1, -0.05) is 11.6 Å². The maximum Gasteiger partial charge on any atom is 0.273 e. The van der Waals surface area contributed by atoms with E-state index in [9.17, 15) is 13.6 Å². The molecule has 1 aromatic carbocycles. The van der Waals surface area contributed by atoms with Crippen molar-refractivity contribution in [1.82, 2.24) is 9.55 Å². The summed E-state index contributed by atoms with van der Waals surface area (Å²) in [6.07, 6.45) is 1.50. The summed E-state index contributed by atoms with van der Waals surface area (Å²) in [5.41, 5.74) is 0.974. The van der Waals surface area contributed by atoms with E-state index in [1.165, 1.54) is 16.8 Å². The Balaban J connectivity index is 1.94. The standard InChI is InChI=1S/C18H12BrClF2N2O2/c1-10-6-15(26-9-11-2-3-12(21)7-14(11)22)17(19)18(25)24(10)13-4-5-23-16(20)8-13/h2-8H,9H2,1H3. The molecule has 0 fully saturated rings. The second kappa shape index (κ2) is 7.55. The van der Waals surface area contributed by atoms with Crippen LogP contribution < -0.4 is 10.3 Å². The molecule has 0 aliphatic heterocycles. The van der Waals surface area contributed by atoms with Crippen molar-refractivity contribution >= 4 is 27.5 Å². The fourth-order valence-electron chi connectivity index (χ4n) is 2.43. The van der Waals surface area contributed by atoms with Crippen LogP contribution in [0.3, 0.4) is 0 Å². The number of ether oxygens (including phenoxy) is 1. The Bertz CT molecular complexity index is 1040. The summed E-state index contributed by atoms with van der Waals surface area (Å²) in [4.78, 5) is 16.6.